The van der Waals surface area contributed by atoms with Gasteiger partial charge in [-0.2, -0.15) is 0 Å². The fourth-order valence-corrected chi connectivity index (χ4v) is 4.53. The first-order chi connectivity index (χ1) is 12.6. The number of phenols is 1. The van der Waals surface area contributed by atoms with Crippen molar-refractivity contribution in [2.45, 2.75) is 29.4 Å². The molecule has 0 aromatic heterocycles. The van der Waals surface area contributed by atoms with Gasteiger partial charge in [-0.15, -0.1) is 0 Å². The van der Waals surface area contributed by atoms with E-state index in [-0.39, 0.29) is 27.6 Å². The number of carbonyl (C=O) groups is 1. The second-order valence-electron chi connectivity index (χ2n) is 6.29. The maximum Gasteiger partial charge on any atom is 0.337 e. The molecule has 27 heavy (non-hydrogen) atoms. The van der Waals surface area contributed by atoms with Gasteiger partial charge in [-0.3, -0.25) is 0 Å². The fourth-order valence-electron chi connectivity index (χ4n) is 2.76. The van der Waals surface area contributed by atoms with Crippen LogP contribution >= 0.6 is 11.6 Å². The molecule has 0 aliphatic heterocycles. The molecule has 1 fully saturated rings. The highest BCUT2D eigenvalue weighted by atomic mass is 35.5. The number of halogens is 3. The molecule has 2 aromatic carbocycles. The Labute approximate surface area is 159 Å². The van der Waals surface area contributed by atoms with Crippen LogP contribution in [0.25, 0.3) is 0 Å². The number of sulfone groups is 1. The molecule has 0 heterocycles. The Balaban J connectivity index is 2.04. The fraction of sp³-hybridized carbons (Fsp3) is 0.278. The summed E-state index contributed by atoms with van der Waals surface area (Å²) < 4.78 is 58.0. The van der Waals surface area contributed by atoms with Gasteiger partial charge >= 0.3 is 5.97 Å². The molecule has 0 amide bonds. The monoisotopic (exact) mass is 416 g/mol. The molecule has 0 saturated heterocycles. The summed E-state index contributed by atoms with van der Waals surface area (Å²) in [5.41, 5.74) is -0.137. The number of phenolic OH excluding ortho intramolecular Hbond substituents is 1. The largest absolute Gasteiger partial charge is 0.505 e. The van der Waals surface area contributed by atoms with Gasteiger partial charge in [-0.25, -0.2) is 22.0 Å². The summed E-state index contributed by atoms with van der Waals surface area (Å²) in [6.45, 7) is 0. The molecule has 1 aliphatic rings. The predicted octanol–water partition coefficient (Wildman–Crippen LogP) is 3.96. The molecule has 0 radical (unpaired) electrons. The molecule has 144 valence electrons. The topological polar surface area (TPSA) is 80.7 Å². The molecule has 0 unspecified atom stereocenters. The zero-order valence-electron chi connectivity index (χ0n) is 14.1. The van der Waals surface area contributed by atoms with Crippen molar-refractivity contribution in [3.05, 3.63) is 57.6 Å². The van der Waals surface area contributed by atoms with Crippen LogP contribution in [0, 0.1) is 11.6 Å². The van der Waals surface area contributed by atoms with Crippen molar-refractivity contribution < 1.29 is 31.8 Å². The van der Waals surface area contributed by atoms with E-state index in [2.05, 4.69) is 4.74 Å². The van der Waals surface area contributed by atoms with Gasteiger partial charge in [0.1, 0.15) is 16.5 Å². The first-order valence-corrected chi connectivity index (χ1v) is 9.98. The predicted molar refractivity (Wildman–Crippen MR) is 93.7 cm³/mol. The van der Waals surface area contributed by atoms with E-state index in [1.54, 1.807) is 0 Å². The number of esters is 1. The van der Waals surface area contributed by atoms with Crippen molar-refractivity contribution in [3.8, 4) is 5.75 Å². The summed E-state index contributed by atoms with van der Waals surface area (Å²) in [5, 5.41) is 9.67. The smallest absolute Gasteiger partial charge is 0.337 e. The summed E-state index contributed by atoms with van der Waals surface area (Å²) in [6, 6.07) is 3.83. The lowest BCUT2D eigenvalue weighted by atomic mass is 10.1. The van der Waals surface area contributed by atoms with Crippen LogP contribution in [0.4, 0.5) is 8.78 Å². The Kier molecular flexibility index (Phi) is 5.14. The second kappa shape index (κ2) is 7.09. The minimum Gasteiger partial charge on any atom is -0.505 e. The number of aromatic hydroxyl groups is 1. The molecular weight excluding hydrogens is 402 g/mol. The highest BCUT2D eigenvalue weighted by Gasteiger charge is 2.30. The minimum absolute atomic E-state index is 0.0439. The van der Waals surface area contributed by atoms with Crippen molar-refractivity contribution in [1.29, 1.82) is 0 Å². The number of methoxy groups -OCH3 is 1. The number of ether oxygens (including phenoxy) is 1. The Hall–Kier alpha value is -2.19. The van der Waals surface area contributed by atoms with Crippen LogP contribution in [-0.4, -0.2) is 26.6 Å². The molecule has 1 saturated carbocycles. The Bertz CT molecular complexity index is 1030. The van der Waals surface area contributed by atoms with E-state index in [0.29, 0.717) is 6.07 Å². The first kappa shape index (κ1) is 19.6. The number of rotatable bonds is 5. The van der Waals surface area contributed by atoms with Crippen LogP contribution in [0.15, 0.2) is 29.2 Å². The molecule has 1 N–H and O–H groups in total. The minimum atomic E-state index is -4.29. The van der Waals surface area contributed by atoms with Gasteiger partial charge in [0, 0.05) is 11.6 Å². The number of hydrogen-bond acceptors (Lipinski definition) is 5. The van der Waals surface area contributed by atoms with Gasteiger partial charge in [0.05, 0.1) is 23.4 Å². The van der Waals surface area contributed by atoms with Crippen LogP contribution in [-0.2, 0) is 20.3 Å². The van der Waals surface area contributed by atoms with E-state index in [1.807, 2.05) is 0 Å². The summed E-state index contributed by atoms with van der Waals surface area (Å²) in [5.74, 6) is -4.19. The first-order valence-electron chi connectivity index (χ1n) is 7.95. The van der Waals surface area contributed by atoms with E-state index >= 15 is 0 Å². The Morgan fingerprint density at radius 1 is 1.22 bits per heavy atom. The lowest BCUT2D eigenvalue weighted by Gasteiger charge is -2.12. The van der Waals surface area contributed by atoms with Crippen LogP contribution < -0.4 is 0 Å². The molecule has 0 spiro atoms. The quantitative estimate of drug-likeness (QED) is 0.746. The third-order valence-corrected chi connectivity index (χ3v) is 6.27. The van der Waals surface area contributed by atoms with Crippen LogP contribution in [0.3, 0.4) is 0 Å². The highest BCUT2D eigenvalue weighted by molar-refractivity contribution is 7.90. The zero-order chi connectivity index (χ0) is 19.9. The molecule has 0 atom stereocenters. The standard InChI is InChI=1S/C18H15ClF2O5S/c1-26-18(23)10-5-13(19)17(22)16(6-10)27(24,25)8-11-4-12(9-2-3-9)15(21)7-14(11)20/h4-7,9,22H,2-3,8H2,1H3. The molecule has 0 bridgehead atoms. The van der Waals surface area contributed by atoms with E-state index in [1.165, 1.54) is 6.07 Å². The lowest BCUT2D eigenvalue weighted by molar-refractivity contribution is 0.0600. The van der Waals surface area contributed by atoms with Crippen LogP contribution in [0.5, 0.6) is 5.75 Å². The number of carbonyl (C=O) groups excluding carboxylic acids is 1. The molecule has 9 heteroatoms. The summed E-state index contributed by atoms with van der Waals surface area (Å²) in [6.07, 6.45) is 1.51. The summed E-state index contributed by atoms with van der Waals surface area (Å²) >= 11 is 5.81. The van der Waals surface area contributed by atoms with Gasteiger partial charge in [-0.05, 0) is 42.5 Å². The number of hydrogen-bond donors (Lipinski definition) is 1. The third kappa shape index (κ3) is 3.91. The van der Waals surface area contributed by atoms with Gasteiger partial charge in [0.25, 0.3) is 0 Å². The Morgan fingerprint density at radius 2 is 1.89 bits per heavy atom. The van der Waals surface area contributed by atoms with E-state index < -0.39 is 43.8 Å². The SMILES string of the molecule is COC(=O)c1cc(Cl)c(O)c(S(=O)(=O)Cc2cc(C3CC3)c(F)cc2F)c1. The molecule has 2 aromatic rings. The second-order valence-corrected chi connectivity index (χ2v) is 8.66. The van der Waals surface area contributed by atoms with Crippen molar-refractivity contribution in [1.82, 2.24) is 0 Å². The maximum absolute atomic E-state index is 14.1. The van der Waals surface area contributed by atoms with E-state index in [9.17, 15) is 27.1 Å². The average Bonchev–Trinajstić information content (AvgIpc) is 3.43. The maximum atomic E-state index is 14.1. The average molecular weight is 417 g/mol. The lowest BCUT2D eigenvalue weighted by Crippen LogP contribution is -2.10. The van der Waals surface area contributed by atoms with Gasteiger partial charge < -0.3 is 9.84 Å². The molecule has 5 nitrogen and oxygen atoms in total. The van der Waals surface area contributed by atoms with Crippen LogP contribution in [0.1, 0.15) is 40.2 Å². The van der Waals surface area contributed by atoms with Crippen LogP contribution in [0.2, 0.25) is 5.02 Å². The molecule has 3 rings (SSSR count). The van der Waals surface area contributed by atoms with Crippen molar-refractivity contribution >= 4 is 27.4 Å². The van der Waals surface area contributed by atoms with Gasteiger partial charge in [0.15, 0.2) is 15.6 Å². The van der Waals surface area contributed by atoms with E-state index in [0.717, 1.165) is 32.1 Å². The normalized spacial score (nSPS) is 14.2. The molecule has 1 aliphatic carbocycles. The molecular formula is C18H15ClF2O5S. The third-order valence-electron chi connectivity index (χ3n) is 4.31. The highest BCUT2D eigenvalue weighted by Crippen LogP contribution is 2.42. The zero-order valence-corrected chi connectivity index (χ0v) is 15.7. The van der Waals surface area contributed by atoms with E-state index in [4.69, 9.17) is 11.6 Å². The van der Waals surface area contributed by atoms with Crippen molar-refractivity contribution in [2.24, 2.45) is 0 Å². The van der Waals surface area contributed by atoms with Gasteiger partial charge in [0.2, 0.25) is 0 Å². The Morgan fingerprint density at radius 3 is 2.48 bits per heavy atom. The summed E-state index contributed by atoms with van der Waals surface area (Å²) in [7, 11) is -3.19. The number of benzene rings is 2. The van der Waals surface area contributed by atoms with Crippen molar-refractivity contribution in [3.63, 3.8) is 0 Å². The van der Waals surface area contributed by atoms with Gasteiger partial charge in [-0.1, -0.05) is 11.6 Å². The summed E-state index contributed by atoms with van der Waals surface area (Å²) in [4.78, 5) is 11.0. The van der Waals surface area contributed by atoms with Crippen molar-refractivity contribution in [2.75, 3.05) is 7.11 Å².